The molecule has 7 heterocycles. The zero-order valence-corrected chi connectivity index (χ0v) is 31.5. The fourth-order valence-corrected chi connectivity index (χ4v) is 8.40. The van der Waals surface area contributed by atoms with E-state index in [1.54, 1.807) is 0 Å². The minimum Gasteiger partial charge on any atom is -0.474 e. The summed E-state index contributed by atoms with van der Waals surface area (Å²) in [7, 11) is 0. The molecule has 3 amide bonds. The van der Waals surface area contributed by atoms with E-state index in [1.165, 1.54) is 0 Å². The van der Waals surface area contributed by atoms with Crippen LogP contribution in [-0.2, 0) is 14.4 Å². The van der Waals surface area contributed by atoms with E-state index in [-0.39, 0.29) is 29.7 Å². The average molecular weight is 755 g/mol. The van der Waals surface area contributed by atoms with E-state index in [9.17, 15) is 14.4 Å². The van der Waals surface area contributed by atoms with Crippen molar-refractivity contribution in [3.05, 3.63) is 84.4 Å². The van der Waals surface area contributed by atoms with Crippen LogP contribution in [0.1, 0.15) is 48.8 Å². The monoisotopic (exact) mass is 754 g/mol. The molecule has 0 aliphatic carbocycles. The third-order valence-electron chi connectivity index (χ3n) is 11.7. The van der Waals surface area contributed by atoms with Crippen LogP contribution in [0.4, 0.5) is 22.9 Å². The van der Waals surface area contributed by atoms with Gasteiger partial charge in [0.15, 0.2) is 0 Å². The van der Waals surface area contributed by atoms with Crippen LogP contribution in [0.5, 0.6) is 5.88 Å². The Balaban J connectivity index is 0.751. The molecule has 3 N–H and O–H groups in total. The molecule has 1 unspecified atom stereocenters. The zero-order valence-electron chi connectivity index (χ0n) is 31.5. The second kappa shape index (κ2) is 15.3. The summed E-state index contributed by atoms with van der Waals surface area (Å²) in [6.45, 7) is 8.63. The largest absolute Gasteiger partial charge is 0.474 e. The number of likely N-dealkylation sites (tertiary alicyclic amines) is 1. The number of hydrogen-bond donors (Lipinski definition) is 3. The first-order valence-corrected chi connectivity index (χ1v) is 19.6. The Morgan fingerprint density at radius 3 is 2.54 bits per heavy atom. The number of benzene rings is 2. The number of anilines is 4. The SMILES string of the molecule is Cc1c(-c2ccc3cnc(Nc4cnn(C5CCN(C(=O)CN6CCN(c7ccc(C8CCC(=O)NC8=O)cc7)CC6)CC5)c4)cc3c2)cnc2c1NCCO2. The maximum absolute atomic E-state index is 13.3. The van der Waals surface area contributed by atoms with Crippen LogP contribution >= 0.6 is 0 Å². The molecule has 0 radical (unpaired) electrons. The number of pyridine rings is 2. The number of fused-ring (bicyclic) bond motifs is 2. The topological polar surface area (TPSA) is 150 Å². The highest BCUT2D eigenvalue weighted by Crippen LogP contribution is 2.36. The van der Waals surface area contributed by atoms with Crippen LogP contribution in [0.3, 0.4) is 0 Å². The molecular formula is C42H46N10O4. The second-order valence-corrected chi connectivity index (χ2v) is 15.2. The molecular weight excluding hydrogens is 709 g/mol. The van der Waals surface area contributed by atoms with Crippen molar-refractivity contribution >= 4 is 51.4 Å². The summed E-state index contributed by atoms with van der Waals surface area (Å²) in [6.07, 6.45) is 10.3. The number of rotatable bonds is 8. The molecule has 4 aliphatic rings. The summed E-state index contributed by atoms with van der Waals surface area (Å²) in [6, 6.07) is 16.8. The van der Waals surface area contributed by atoms with Crippen molar-refractivity contribution < 1.29 is 19.1 Å². The lowest BCUT2D eigenvalue weighted by molar-refractivity contribution is -0.135. The highest BCUT2D eigenvalue weighted by Gasteiger charge is 2.29. The molecule has 5 aromatic rings. The quantitative estimate of drug-likeness (QED) is 0.187. The van der Waals surface area contributed by atoms with Gasteiger partial charge in [-0.3, -0.25) is 29.3 Å². The lowest BCUT2D eigenvalue weighted by Crippen LogP contribution is -2.51. The molecule has 56 heavy (non-hydrogen) atoms. The summed E-state index contributed by atoms with van der Waals surface area (Å²) in [5.41, 5.74) is 7.15. The number of hydrogen-bond acceptors (Lipinski definition) is 11. The molecule has 0 bridgehead atoms. The van der Waals surface area contributed by atoms with E-state index in [4.69, 9.17) is 4.74 Å². The van der Waals surface area contributed by atoms with Crippen LogP contribution in [0.15, 0.2) is 73.3 Å². The van der Waals surface area contributed by atoms with E-state index in [2.05, 4.69) is 84.1 Å². The van der Waals surface area contributed by atoms with Gasteiger partial charge in [-0.15, -0.1) is 0 Å². The number of piperazine rings is 1. The van der Waals surface area contributed by atoms with E-state index in [0.29, 0.717) is 45.0 Å². The van der Waals surface area contributed by atoms with Gasteiger partial charge in [0.2, 0.25) is 23.6 Å². The Kier molecular flexibility index (Phi) is 9.71. The van der Waals surface area contributed by atoms with Gasteiger partial charge in [0.05, 0.1) is 30.4 Å². The first kappa shape index (κ1) is 35.7. The molecule has 288 valence electrons. The summed E-state index contributed by atoms with van der Waals surface area (Å²) >= 11 is 0. The van der Waals surface area contributed by atoms with Gasteiger partial charge < -0.3 is 25.2 Å². The fraction of sp³-hybridized carbons (Fsp3) is 0.381. The standard InChI is InChI=1S/C42H46N10O4/c1-27-36(24-45-42-40(27)43-12-19-56-42)29-2-3-30-22-44-37(21-31(30)20-29)47-32-23-46-52(25-32)34-10-13-51(14-11-34)39(54)26-49-15-17-50(18-16-49)33-6-4-28(5-7-33)35-8-9-38(53)48-41(35)55/h2-7,20-25,34-35,43H,8-19,26H2,1H3,(H,44,47)(H,48,53,55). The molecule has 14 heteroatoms. The first-order valence-electron chi connectivity index (χ1n) is 19.6. The third-order valence-corrected chi connectivity index (χ3v) is 11.7. The number of carbonyl (C=O) groups excluding carboxylic acids is 3. The van der Waals surface area contributed by atoms with Crippen molar-refractivity contribution in [2.75, 3.05) is 74.5 Å². The fourth-order valence-electron chi connectivity index (χ4n) is 8.40. The normalized spacial score (nSPS) is 19.3. The highest BCUT2D eigenvalue weighted by atomic mass is 16.5. The van der Waals surface area contributed by atoms with Crippen molar-refractivity contribution in [2.24, 2.45) is 0 Å². The van der Waals surface area contributed by atoms with E-state index in [1.807, 2.05) is 46.5 Å². The molecule has 1 atom stereocenters. The molecule has 2 aromatic carbocycles. The van der Waals surface area contributed by atoms with Crippen LogP contribution in [0.2, 0.25) is 0 Å². The van der Waals surface area contributed by atoms with Crippen LogP contribution in [-0.4, -0.2) is 106 Å². The van der Waals surface area contributed by atoms with E-state index in [0.717, 1.165) is 101 Å². The van der Waals surface area contributed by atoms with Crippen molar-refractivity contribution in [3.63, 3.8) is 0 Å². The molecule has 0 spiro atoms. The Bertz CT molecular complexity index is 2280. The summed E-state index contributed by atoms with van der Waals surface area (Å²) in [5, 5.41) is 16.1. The number of ether oxygens (including phenoxy) is 1. The van der Waals surface area contributed by atoms with E-state index < -0.39 is 0 Å². The summed E-state index contributed by atoms with van der Waals surface area (Å²) in [5.74, 6) is 0.898. The molecule has 3 saturated heterocycles. The maximum atomic E-state index is 13.3. The number of nitrogens with zero attached hydrogens (tertiary/aromatic N) is 7. The van der Waals surface area contributed by atoms with Crippen LogP contribution in [0, 0.1) is 6.92 Å². The number of nitrogens with one attached hydrogen (secondary N) is 3. The minimum atomic E-state index is -0.276. The molecule has 14 nitrogen and oxygen atoms in total. The zero-order chi connectivity index (χ0) is 38.2. The van der Waals surface area contributed by atoms with Gasteiger partial charge in [-0.1, -0.05) is 24.3 Å². The van der Waals surface area contributed by atoms with Crippen molar-refractivity contribution in [1.82, 2.24) is 34.9 Å². The predicted molar refractivity (Wildman–Crippen MR) is 214 cm³/mol. The Labute approximate surface area is 325 Å². The van der Waals surface area contributed by atoms with Gasteiger partial charge in [0, 0.05) is 87.5 Å². The van der Waals surface area contributed by atoms with Crippen molar-refractivity contribution in [3.8, 4) is 17.0 Å². The van der Waals surface area contributed by atoms with Gasteiger partial charge in [-0.2, -0.15) is 5.10 Å². The van der Waals surface area contributed by atoms with Crippen LogP contribution < -0.4 is 25.6 Å². The molecule has 3 fully saturated rings. The number of imide groups is 1. The Morgan fingerprint density at radius 1 is 0.911 bits per heavy atom. The lowest BCUT2D eigenvalue weighted by Gasteiger charge is -2.38. The summed E-state index contributed by atoms with van der Waals surface area (Å²) < 4.78 is 7.74. The number of amides is 3. The van der Waals surface area contributed by atoms with Gasteiger partial charge in [0.1, 0.15) is 18.1 Å². The first-order chi connectivity index (χ1) is 27.3. The number of piperidine rings is 2. The predicted octanol–water partition coefficient (Wildman–Crippen LogP) is 4.86. The maximum Gasteiger partial charge on any atom is 0.237 e. The number of aromatic nitrogens is 4. The Hall–Kier alpha value is -6.02. The Morgan fingerprint density at radius 2 is 1.73 bits per heavy atom. The third kappa shape index (κ3) is 7.36. The molecule has 4 aliphatic heterocycles. The number of carbonyl (C=O) groups is 3. The van der Waals surface area contributed by atoms with Crippen molar-refractivity contribution in [1.29, 1.82) is 0 Å². The summed E-state index contributed by atoms with van der Waals surface area (Å²) in [4.78, 5) is 52.9. The van der Waals surface area contributed by atoms with Gasteiger partial charge in [-0.25, -0.2) is 9.97 Å². The van der Waals surface area contributed by atoms with Gasteiger partial charge in [-0.05, 0) is 72.5 Å². The average Bonchev–Trinajstić information content (AvgIpc) is 3.70. The van der Waals surface area contributed by atoms with Crippen LogP contribution in [0.25, 0.3) is 21.9 Å². The minimum absolute atomic E-state index is 0.183. The van der Waals surface area contributed by atoms with Gasteiger partial charge >= 0.3 is 0 Å². The molecule has 0 saturated carbocycles. The highest BCUT2D eigenvalue weighted by molar-refractivity contribution is 6.01. The lowest BCUT2D eigenvalue weighted by atomic mass is 9.90. The smallest absolute Gasteiger partial charge is 0.237 e. The second-order valence-electron chi connectivity index (χ2n) is 15.2. The van der Waals surface area contributed by atoms with Crippen molar-refractivity contribution in [2.45, 2.75) is 44.6 Å². The van der Waals surface area contributed by atoms with E-state index >= 15 is 0 Å². The molecule has 3 aromatic heterocycles. The van der Waals surface area contributed by atoms with Gasteiger partial charge in [0.25, 0.3) is 0 Å². The molecule has 9 rings (SSSR count).